The van der Waals surface area contributed by atoms with Gasteiger partial charge >= 0.3 is 12.6 Å². The molecule has 0 aliphatic carbocycles. The van der Waals surface area contributed by atoms with Crippen LogP contribution < -0.4 is 14.4 Å². The van der Waals surface area contributed by atoms with E-state index in [0.29, 0.717) is 17.7 Å². The number of fused-ring (bicyclic) bond motifs is 1. The van der Waals surface area contributed by atoms with Crippen LogP contribution in [0.3, 0.4) is 0 Å². The minimum absolute atomic E-state index is 0.0456. The average molecular weight is 391 g/mol. The second-order valence-corrected chi connectivity index (χ2v) is 6.76. The van der Waals surface area contributed by atoms with Crippen molar-refractivity contribution in [3.63, 3.8) is 0 Å². The van der Waals surface area contributed by atoms with Gasteiger partial charge in [0.1, 0.15) is 0 Å². The average Bonchev–Trinajstić information content (AvgIpc) is 3.09. The first-order valence-electron chi connectivity index (χ1n) is 8.85. The minimum Gasteiger partial charge on any atom is -0.467 e. The molecule has 28 heavy (non-hydrogen) atoms. The fourth-order valence-electron chi connectivity index (χ4n) is 3.48. The van der Waals surface area contributed by atoms with E-state index in [0.717, 1.165) is 18.8 Å². The summed E-state index contributed by atoms with van der Waals surface area (Å²) in [6.45, 7) is -1.07. The van der Waals surface area contributed by atoms with Crippen LogP contribution in [-0.2, 0) is 17.9 Å². The van der Waals surface area contributed by atoms with Gasteiger partial charge in [-0.3, -0.25) is 9.78 Å². The van der Waals surface area contributed by atoms with Crippen LogP contribution in [0.25, 0.3) is 0 Å². The molecule has 2 aromatic heterocycles. The summed E-state index contributed by atoms with van der Waals surface area (Å²) in [5, 5.41) is 0. The molecular weight excluding hydrogens is 372 g/mol. The van der Waals surface area contributed by atoms with Crippen molar-refractivity contribution in [3.05, 3.63) is 35.8 Å². The Labute approximate surface area is 160 Å². The van der Waals surface area contributed by atoms with E-state index in [9.17, 15) is 13.6 Å². The number of carbonyl (C=O) groups is 1. The van der Waals surface area contributed by atoms with Gasteiger partial charge in [0.2, 0.25) is 11.8 Å². The first-order valence-corrected chi connectivity index (χ1v) is 8.85. The SMILES string of the molecule is COc1nc2c(c(OC(F)F)n1)CN(C(=O)CC1CN(c3cccnc3)C1)C2. The molecule has 1 fully saturated rings. The van der Waals surface area contributed by atoms with Crippen LogP contribution in [-0.4, -0.2) is 52.6 Å². The van der Waals surface area contributed by atoms with Gasteiger partial charge in [0.25, 0.3) is 0 Å². The van der Waals surface area contributed by atoms with Gasteiger partial charge in [-0.15, -0.1) is 0 Å². The first kappa shape index (κ1) is 18.3. The zero-order valence-electron chi connectivity index (χ0n) is 15.2. The summed E-state index contributed by atoms with van der Waals surface area (Å²) < 4.78 is 34.8. The largest absolute Gasteiger partial charge is 0.467 e. The topological polar surface area (TPSA) is 80.7 Å². The summed E-state index contributed by atoms with van der Waals surface area (Å²) in [6.07, 6.45) is 3.91. The van der Waals surface area contributed by atoms with Crippen molar-refractivity contribution in [2.75, 3.05) is 25.1 Å². The van der Waals surface area contributed by atoms with Crippen LogP contribution in [0.5, 0.6) is 11.9 Å². The highest BCUT2D eigenvalue weighted by Gasteiger charge is 2.34. The zero-order chi connectivity index (χ0) is 19.7. The van der Waals surface area contributed by atoms with Gasteiger partial charge in [0.15, 0.2) is 0 Å². The second kappa shape index (κ2) is 7.53. The molecule has 0 bridgehead atoms. The highest BCUT2D eigenvalue weighted by molar-refractivity contribution is 5.77. The Balaban J connectivity index is 1.37. The van der Waals surface area contributed by atoms with Gasteiger partial charge in [0, 0.05) is 31.6 Å². The van der Waals surface area contributed by atoms with E-state index in [2.05, 4.69) is 24.6 Å². The van der Waals surface area contributed by atoms with Crippen LogP contribution in [0.1, 0.15) is 17.7 Å². The number of nitrogens with zero attached hydrogens (tertiary/aromatic N) is 5. The zero-order valence-corrected chi connectivity index (χ0v) is 15.2. The Bertz CT molecular complexity index is 862. The summed E-state index contributed by atoms with van der Waals surface area (Å²) in [5.74, 6) is -0.0387. The fraction of sp³-hybridized carbons (Fsp3) is 0.444. The van der Waals surface area contributed by atoms with Gasteiger partial charge in [-0.2, -0.15) is 18.7 Å². The number of alkyl halides is 2. The molecule has 2 aliphatic rings. The van der Waals surface area contributed by atoms with E-state index in [-0.39, 0.29) is 36.8 Å². The molecule has 10 heteroatoms. The molecule has 8 nitrogen and oxygen atoms in total. The highest BCUT2D eigenvalue weighted by Crippen LogP contribution is 2.33. The monoisotopic (exact) mass is 391 g/mol. The number of halogens is 2. The quantitative estimate of drug-likeness (QED) is 0.743. The van der Waals surface area contributed by atoms with Gasteiger partial charge in [0.05, 0.1) is 43.3 Å². The highest BCUT2D eigenvalue weighted by atomic mass is 19.3. The van der Waals surface area contributed by atoms with E-state index in [1.165, 1.54) is 7.11 Å². The van der Waals surface area contributed by atoms with Crippen molar-refractivity contribution in [3.8, 4) is 11.9 Å². The van der Waals surface area contributed by atoms with Crippen molar-refractivity contribution in [1.82, 2.24) is 19.9 Å². The lowest BCUT2D eigenvalue weighted by Gasteiger charge is -2.41. The molecule has 0 atom stereocenters. The van der Waals surface area contributed by atoms with E-state index >= 15 is 0 Å². The third-order valence-electron chi connectivity index (χ3n) is 4.89. The number of aromatic nitrogens is 3. The number of hydrogen-bond acceptors (Lipinski definition) is 7. The molecule has 4 heterocycles. The van der Waals surface area contributed by atoms with E-state index in [1.54, 1.807) is 17.3 Å². The Morgan fingerprint density at radius 2 is 2.14 bits per heavy atom. The number of hydrogen-bond donors (Lipinski definition) is 0. The summed E-state index contributed by atoms with van der Waals surface area (Å²) in [7, 11) is 1.34. The molecule has 4 rings (SSSR count). The predicted octanol–water partition coefficient (Wildman–Crippen LogP) is 1.85. The summed E-state index contributed by atoms with van der Waals surface area (Å²) >= 11 is 0. The second-order valence-electron chi connectivity index (χ2n) is 6.76. The molecule has 0 saturated carbocycles. The van der Waals surface area contributed by atoms with Crippen molar-refractivity contribution in [2.24, 2.45) is 5.92 Å². The third kappa shape index (κ3) is 3.67. The lowest BCUT2D eigenvalue weighted by atomic mass is 9.95. The number of methoxy groups -OCH3 is 1. The van der Waals surface area contributed by atoms with E-state index < -0.39 is 6.61 Å². The first-order chi connectivity index (χ1) is 13.5. The van der Waals surface area contributed by atoms with Gasteiger partial charge in [-0.1, -0.05) is 0 Å². The van der Waals surface area contributed by atoms with Crippen molar-refractivity contribution in [1.29, 1.82) is 0 Å². The number of anilines is 1. The Morgan fingerprint density at radius 1 is 1.32 bits per heavy atom. The van der Waals surface area contributed by atoms with E-state index in [1.807, 2.05) is 12.1 Å². The van der Waals surface area contributed by atoms with Gasteiger partial charge in [-0.25, -0.2) is 0 Å². The van der Waals surface area contributed by atoms with Crippen LogP contribution in [0.4, 0.5) is 14.5 Å². The summed E-state index contributed by atoms with van der Waals surface area (Å²) in [4.78, 5) is 28.5. The van der Waals surface area contributed by atoms with Crippen LogP contribution >= 0.6 is 0 Å². The Kier molecular flexibility index (Phi) is 4.93. The van der Waals surface area contributed by atoms with Gasteiger partial charge in [-0.05, 0) is 12.1 Å². The van der Waals surface area contributed by atoms with Gasteiger partial charge < -0.3 is 19.3 Å². The number of pyridine rings is 1. The van der Waals surface area contributed by atoms with Crippen LogP contribution in [0, 0.1) is 5.92 Å². The molecule has 0 radical (unpaired) electrons. The molecule has 0 aromatic carbocycles. The molecule has 0 unspecified atom stereocenters. The van der Waals surface area contributed by atoms with E-state index in [4.69, 9.17) is 4.74 Å². The maximum absolute atomic E-state index is 12.7. The molecule has 1 amide bonds. The van der Waals surface area contributed by atoms with Crippen LogP contribution in [0.15, 0.2) is 24.5 Å². The molecule has 2 aliphatic heterocycles. The maximum Gasteiger partial charge on any atom is 0.388 e. The van der Waals surface area contributed by atoms with Crippen molar-refractivity contribution >= 4 is 11.6 Å². The van der Waals surface area contributed by atoms with Crippen molar-refractivity contribution in [2.45, 2.75) is 26.1 Å². The predicted molar refractivity (Wildman–Crippen MR) is 94.0 cm³/mol. The number of rotatable bonds is 6. The normalized spacial score (nSPS) is 16.1. The molecule has 0 N–H and O–H groups in total. The fourth-order valence-corrected chi connectivity index (χ4v) is 3.48. The maximum atomic E-state index is 12.7. The number of amides is 1. The number of ether oxygens (including phenoxy) is 2. The standard InChI is InChI=1S/C18H19F2N5O3/c1-27-18-22-14-10-25(9-13(14)16(23-18)28-17(19)20)15(26)5-11-7-24(8-11)12-3-2-4-21-6-12/h2-4,6,11,17H,5,7-10H2,1H3. The Hall–Kier alpha value is -3.04. The smallest absolute Gasteiger partial charge is 0.388 e. The molecule has 148 valence electrons. The summed E-state index contributed by atoms with van der Waals surface area (Å²) in [6, 6.07) is 3.80. The minimum atomic E-state index is -3.01. The Morgan fingerprint density at radius 3 is 2.82 bits per heavy atom. The molecule has 0 spiro atoms. The molecular formula is C18H19F2N5O3. The lowest BCUT2D eigenvalue weighted by molar-refractivity contribution is -0.133. The molecule has 1 saturated heterocycles. The molecule has 2 aromatic rings. The van der Waals surface area contributed by atoms with Crippen LogP contribution in [0.2, 0.25) is 0 Å². The number of carbonyl (C=O) groups excluding carboxylic acids is 1. The third-order valence-corrected chi connectivity index (χ3v) is 4.89. The summed E-state index contributed by atoms with van der Waals surface area (Å²) in [5.41, 5.74) is 1.91. The lowest BCUT2D eigenvalue weighted by Crippen LogP contribution is -2.48. The van der Waals surface area contributed by atoms with Crippen molar-refractivity contribution < 1.29 is 23.0 Å².